The van der Waals surface area contributed by atoms with Crippen molar-refractivity contribution in [3.63, 3.8) is 0 Å². The summed E-state index contributed by atoms with van der Waals surface area (Å²) in [4.78, 5) is 4.54. The standard InChI is InChI=1S/C21H37N3O4S.HI/c1-6-29(25,26)15-13-23-21(22-12-7-14-27-16-17(2)3)24-19-8-10-20(11-9-19)28-18(4)5;/h8-11,17-18H,6-7,12-16H2,1-5H3,(H2,22,23,24);1H. The maximum absolute atomic E-state index is 11.7. The molecule has 0 saturated heterocycles. The van der Waals surface area contributed by atoms with Crippen molar-refractivity contribution in [1.82, 2.24) is 5.32 Å². The highest BCUT2D eigenvalue weighted by molar-refractivity contribution is 14.0. The Morgan fingerprint density at radius 2 is 1.80 bits per heavy atom. The molecular formula is C21H38IN3O4S. The highest BCUT2D eigenvalue weighted by Crippen LogP contribution is 2.16. The molecule has 30 heavy (non-hydrogen) atoms. The van der Waals surface area contributed by atoms with E-state index in [9.17, 15) is 8.42 Å². The second-order valence-corrected chi connectivity index (χ2v) is 10.0. The number of nitrogens with zero attached hydrogens (tertiary/aromatic N) is 1. The predicted molar refractivity (Wildman–Crippen MR) is 136 cm³/mol. The highest BCUT2D eigenvalue weighted by atomic mass is 127. The first-order valence-corrected chi connectivity index (χ1v) is 12.1. The van der Waals surface area contributed by atoms with Crippen LogP contribution in [-0.2, 0) is 14.6 Å². The van der Waals surface area contributed by atoms with Crippen molar-refractivity contribution in [2.75, 3.05) is 43.1 Å². The largest absolute Gasteiger partial charge is 0.491 e. The van der Waals surface area contributed by atoms with Crippen molar-refractivity contribution in [3.8, 4) is 5.75 Å². The van der Waals surface area contributed by atoms with Gasteiger partial charge in [-0.3, -0.25) is 4.99 Å². The Kier molecular flexibility index (Phi) is 15.1. The van der Waals surface area contributed by atoms with Crippen molar-refractivity contribution in [3.05, 3.63) is 24.3 Å². The Hall–Kier alpha value is -1.07. The van der Waals surface area contributed by atoms with Crippen molar-refractivity contribution in [1.29, 1.82) is 0 Å². The van der Waals surface area contributed by atoms with E-state index in [0.29, 0.717) is 31.6 Å². The van der Waals surface area contributed by atoms with Crippen LogP contribution in [0.1, 0.15) is 41.0 Å². The van der Waals surface area contributed by atoms with Crippen LogP contribution in [0, 0.1) is 5.92 Å². The normalized spacial score (nSPS) is 12.0. The van der Waals surface area contributed by atoms with Gasteiger partial charge in [-0.25, -0.2) is 8.42 Å². The van der Waals surface area contributed by atoms with Crippen LogP contribution < -0.4 is 15.4 Å². The molecule has 2 N–H and O–H groups in total. The first kappa shape index (κ1) is 28.9. The molecule has 0 bridgehead atoms. The van der Waals surface area contributed by atoms with Crippen LogP contribution in [0.4, 0.5) is 5.69 Å². The van der Waals surface area contributed by atoms with E-state index in [4.69, 9.17) is 9.47 Å². The second kappa shape index (κ2) is 15.7. The van der Waals surface area contributed by atoms with E-state index in [0.717, 1.165) is 24.5 Å². The van der Waals surface area contributed by atoms with Gasteiger partial charge < -0.3 is 20.1 Å². The molecule has 0 spiro atoms. The Morgan fingerprint density at radius 1 is 1.13 bits per heavy atom. The molecule has 174 valence electrons. The summed E-state index contributed by atoms with van der Waals surface area (Å²) in [7, 11) is -3.03. The van der Waals surface area contributed by atoms with Gasteiger partial charge in [0.05, 0.1) is 11.9 Å². The topological polar surface area (TPSA) is 89.0 Å². The van der Waals surface area contributed by atoms with Gasteiger partial charge in [-0.15, -0.1) is 24.0 Å². The molecule has 0 saturated carbocycles. The van der Waals surface area contributed by atoms with Crippen molar-refractivity contribution < 1.29 is 17.9 Å². The van der Waals surface area contributed by atoms with E-state index >= 15 is 0 Å². The van der Waals surface area contributed by atoms with E-state index in [1.807, 2.05) is 38.1 Å². The predicted octanol–water partition coefficient (Wildman–Crippen LogP) is 3.95. The van der Waals surface area contributed by atoms with Crippen LogP contribution in [0.15, 0.2) is 29.3 Å². The maximum Gasteiger partial charge on any atom is 0.195 e. The molecule has 1 aromatic carbocycles. The van der Waals surface area contributed by atoms with Crippen LogP contribution in [0.25, 0.3) is 0 Å². The highest BCUT2D eigenvalue weighted by Gasteiger charge is 2.08. The molecule has 0 aliphatic rings. The molecule has 1 aromatic rings. The van der Waals surface area contributed by atoms with Gasteiger partial charge in [-0.1, -0.05) is 20.8 Å². The number of hydrogen-bond donors (Lipinski definition) is 2. The Bertz CT molecular complexity index is 707. The average molecular weight is 556 g/mol. The molecule has 0 unspecified atom stereocenters. The molecule has 1 rings (SSSR count). The van der Waals surface area contributed by atoms with Gasteiger partial charge in [-0.2, -0.15) is 0 Å². The first-order chi connectivity index (χ1) is 13.7. The number of halogens is 1. The zero-order valence-electron chi connectivity index (χ0n) is 18.8. The summed E-state index contributed by atoms with van der Waals surface area (Å²) in [5.74, 6) is 2.08. The lowest BCUT2D eigenvalue weighted by atomic mass is 10.2. The zero-order valence-corrected chi connectivity index (χ0v) is 22.0. The summed E-state index contributed by atoms with van der Waals surface area (Å²) < 4.78 is 34.7. The van der Waals surface area contributed by atoms with E-state index in [-0.39, 0.29) is 41.6 Å². The summed E-state index contributed by atoms with van der Waals surface area (Å²) in [6.07, 6.45) is 0.916. The summed E-state index contributed by atoms with van der Waals surface area (Å²) >= 11 is 0. The number of hydrogen-bond acceptors (Lipinski definition) is 5. The average Bonchev–Trinajstić information content (AvgIpc) is 2.65. The lowest BCUT2D eigenvalue weighted by molar-refractivity contribution is 0.109. The van der Waals surface area contributed by atoms with E-state index in [1.165, 1.54) is 0 Å². The van der Waals surface area contributed by atoms with Crippen molar-refractivity contribution in [2.24, 2.45) is 10.9 Å². The minimum Gasteiger partial charge on any atom is -0.491 e. The molecule has 9 heteroatoms. The number of rotatable bonds is 13. The lowest BCUT2D eigenvalue weighted by Gasteiger charge is -2.14. The van der Waals surface area contributed by atoms with E-state index < -0.39 is 9.84 Å². The van der Waals surface area contributed by atoms with Gasteiger partial charge in [0.25, 0.3) is 0 Å². The van der Waals surface area contributed by atoms with Gasteiger partial charge in [0.2, 0.25) is 0 Å². The Labute approximate surface area is 199 Å². The summed E-state index contributed by atoms with van der Waals surface area (Å²) in [6.45, 7) is 12.1. The molecule has 0 atom stereocenters. The SMILES string of the molecule is CCS(=O)(=O)CCNC(=NCCCOCC(C)C)Nc1ccc(OC(C)C)cc1.I. The zero-order chi connectivity index (χ0) is 21.7. The van der Waals surface area contributed by atoms with Gasteiger partial charge in [0.1, 0.15) is 5.75 Å². The van der Waals surface area contributed by atoms with Gasteiger partial charge in [-0.05, 0) is 50.5 Å². The quantitative estimate of drug-likeness (QED) is 0.166. The molecule has 0 radical (unpaired) electrons. The molecule has 0 aromatic heterocycles. The monoisotopic (exact) mass is 555 g/mol. The number of nitrogens with one attached hydrogen (secondary N) is 2. The van der Waals surface area contributed by atoms with Crippen LogP contribution in [-0.4, -0.2) is 58.3 Å². The third kappa shape index (κ3) is 14.0. The van der Waals surface area contributed by atoms with Gasteiger partial charge in [0, 0.05) is 37.7 Å². The summed E-state index contributed by atoms with van der Waals surface area (Å²) in [5.41, 5.74) is 0.849. The fraction of sp³-hybridized carbons (Fsp3) is 0.667. The third-order valence-corrected chi connectivity index (χ3v) is 5.51. The van der Waals surface area contributed by atoms with Crippen molar-refractivity contribution in [2.45, 2.75) is 47.1 Å². The number of aliphatic imine (C=N–C) groups is 1. The number of ether oxygens (including phenoxy) is 2. The van der Waals surface area contributed by atoms with E-state index in [2.05, 4.69) is 29.5 Å². The number of guanidine groups is 1. The smallest absolute Gasteiger partial charge is 0.195 e. The fourth-order valence-electron chi connectivity index (χ4n) is 2.31. The fourth-order valence-corrected chi connectivity index (χ4v) is 3.01. The molecule has 0 aliphatic carbocycles. The third-order valence-electron chi connectivity index (χ3n) is 3.80. The molecular weight excluding hydrogens is 517 g/mol. The Balaban J connectivity index is 0.00000841. The number of anilines is 1. The maximum atomic E-state index is 11.7. The minimum atomic E-state index is -3.03. The lowest BCUT2D eigenvalue weighted by Crippen LogP contribution is -2.35. The molecule has 0 fully saturated rings. The molecule has 0 heterocycles. The first-order valence-electron chi connectivity index (χ1n) is 10.3. The minimum absolute atomic E-state index is 0. The summed E-state index contributed by atoms with van der Waals surface area (Å²) in [5, 5.41) is 6.32. The van der Waals surface area contributed by atoms with Crippen LogP contribution in [0.5, 0.6) is 5.75 Å². The van der Waals surface area contributed by atoms with Crippen LogP contribution in [0.2, 0.25) is 0 Å². The van der Waals surface area contributed by atoms with E-state index in [1.54, 1.807) is 6.92 Å². The number of sulfone groups is 1. The molecule has 0 aliphatic heterocycles. The number of benzene rings is 1. The van der Waals surface area contributed by atoms with Crippen molar-refractivity contribution >= 4 is 45.5 Å². The Morgan fingerprint density at radius 3 is 2.37 bits per heavy atom. The van der Waals surface area contributed by atoms with Crippen LogP contribution in [0.3, 0.4) is 0 Å². The van der Waals surface area contributed by atoms with Crippen LogP contribution >= 0.6 is 24.0 Å². The molecule has 7 nitrogen and oxygen atoms in total. The second-order valence-electron chi connectivity index (χ2n) is 7.53. The van der Waals surface area contributed by atoms with Gasteiger partial charge in [0.15, 0.2) is 15.8 Å². The summed E-state index contributed by atoms with van der Waals surface area (Å²) in [6, 6.07) is 7.59. The molecule has 0 amide bonds. The van der Waals surface area contributed by atoms with Gasteiger partial charge >= 0.3 is 0 Å².